The van der Waals surface area contributed by atoms with Crippen LogP contribution < -0.4 is 5.32 Å². The van der Waals surface area contributed by atoms with Crippen molar-refractivity contribution in [3.05, 3.63) is 12.2 Å². The van der Waals surface area contributed by atoms with Crippen molar-refractivity contribution in [1.29, 1.82) is 0 Å². The smallest absolute Gasteiger partial charge is 0.307 e. The summed E-state index contributed by atoms with van der Waals surface area (Å²) in [6.07, 6.45) is 9.44. The lowest BCUT2D eigenvalue weighted by Gasteiger charge is -2.34. The number of piperidine rings is 1. The summed E-state index contributed by atoms with van der Waals surface area (Å²) in [6.45, 7) is 2.12. The molecule has 0 bridgehead atoms. The minimum absolute atomic E-state index is 0.0726. The molecule has 1 heterocycles. The van der Waals surface area contributed by atoms with E-state index < -0.39 is 17.8 Å². The minimum atomic E-state index is -0.858. The predicted octanol–water partition coefficient (Wildman–Crippen LogP) is 1.40. The van der Waals surface area contributed by atoms with E-state index in [-0.39, 0.29) is 11.9 Å². The molecule has 2 N–H and O–H groups in total. The Morgan fingerprint density at radius 2 is 1.62 bits per heavy atom. The van der Waals surface area contributed by atoms with Crippen LogP contribution in [0, 0.1) is 11.8 Å². The molecule has 2 atom stereocenters. The molecule has 0 aromatic rings. The standard InChI is InChI=1S/C16H24N2O3/c19-15(13-3-1-2-4-14(13)16(20)21)17-11-7-9-18(10-8-11)12-5-6-12/h1-2,11-14H,3-10H2,(H,17,19)(H,20,21). The normalized spacial score (nSPS) is 31.0. The van der Waals surface area contributed by atoms with Gasteiger partial charge in [-0.3, -0.25) is 9.59 Å². The third kappa shape index (κ3) is 3.46. The van der Waals surface area contributed by atoms with Gasteiger partial charge in [0, 0.05) is 25.2 Å². The lowest BCUT2D eigenvalue weighted by molar-refractivity contribution is -0.147. The van der Waals surface area contributed by atoms with E-state index in [0.717, 1.165) is 32.0 Å². The molecule has 1 amide bonds. The van der Waals surface area contributed by atoms with Crippen molar-refractivity contribution in [2.24, 2.45) is 11.8 Å². The zero-order valence-corrected chi connectivity index (χ0v) is 12.3. The third-order valence-electron chi connectivity index (χ3n) is 5.03. The maximum Gasteiger partial charge on any atom is 0.307 e. The number of amides is 1. The average Bonchev–Trinajstić information content (AvgIpc) is 3.32. The Kier molecular flexibility index (Phi) is 4.29. The van der Waals surface area contributed by atoms with E-state index in [4.69, 9.17) is 0 Å². The Morgan fingerprint density at radius 3 is 2.19 bits per heavy atom. The fourth-order valence-electron chi connectivity index (χ4n) is 3.53. The van der Waals surface area contributed by atoms with Crippen molar-refractivity contribution in [3.8, 4) is 0 Å². The highest BCUT2D eigenvalue weighted by atomic mass is 16.4. The summed E-state index contributed by atoms with van der Waals surface area (Å²) in [6, 6.07) is 1.01. The molecular formula is C16H24N2O3. The molecule has 2 aliphatic carbocycles. The lowest BCUT2D eigenvalue weighted by atomic mass is 9.82. The number of aliphatic carboxylic acids is 1. The number of hydrogen-bond acceptors (Lipinski definition) is 3. The van der Waals surface area contributed by atoms with Crippen LogP contribution >= 0.6 is 0 Å². The first-order valence-electron chi connectivity index (χ1n) is 8.07. The van der Waals surface area contributed by atoms with E-state index in [1.54, 1.807) is 0 Å². The molecule has 3 rings (SSSR count). The number of carbonyl (C=O) groups excluding carboxylic acids is 1. The summed E-state index contributed by atoms with van der Waals surface area (Å²) in [4.78, 5) is 26.2. The predicted molar refractivity (Wildman–Crippen MR) is 78.7 cm³/mol. The van der Waals surface area contributed by atoms with Gasteiger partial charge in [-0.15, -0.1) is 0 Å². The van der Waals surface area contributed by atoms with Gasteiger partial charge in [0.05, 0.1) is 11.8 Å². The van der Waals surface area contributed by atoms with E-state index >= 15 is 0 Å². The Bertz CT molecular complexity index is 437. The first-order chi connectivity index (χ1) is 10.1. The summed E-state index contributed by atoms with van der Waals surface area (Å²) in [5.74, 6) is -1.91. The Hall–Kier alpha value is -1.36. The van der Waals surface area contributed by atoms with Crippen LogP contribution in [0.5, 0.6) is 0 Å². The second-order valence-corrected chi connectivity index (χ2v) is 6.54. The van der Waals surface area contributed by atoms with Crippen molar-refractivity contribution >= 4 is 11.9 Å². The first kappa shape index (κ1) is 14.6. The van der Waals surface area contributed by atoms with Crippen LogP contribution in [0.2, 0.25) is 0 Å². The van der Waals surface area contributed by atoms with Crippen LogP contribution in [0.15, 0.2) is 12.2 Å². The second-order valence-electron chi connectivity index (χ2n) is 6.54. The van der Waals surface area contributed by atoms with Crippen molar-refractivity contribution in [3.63, 3.8) is 0 Å². The molecule has 0 aromatic heterocycles. The highest BCUT2D eigenvalue weighted by molar-refractivity contribution is 5.85. The van der Waals surface area contributed by atoms with Gasteiger partial charge in [0.1, 0.15) is 0 Å². The average molecular weight is 292 g/mol. The highest BCUT2D eigenvalue weighted by Gasteiger charge is 2.36. The number of carboxylic acid groups (broad SMARTS) is 1. The van der Waals surface area contributed by atoms with Crippen LogP contribution in [0.4, 0.5) is 0 Å². The number of carbonyl (C=O) groups is 2. The summed E-state index contributed by atoms with van der Waals surface area (Å²) in [7, 11) is 0. The zero-order valence-electron chi connectivity index (χ0n) is 12.3. The Balaban J connectivity index is 1.51. The van der Waals surface area contributed by atoms with Gasteiger partial charge >= 0.3 is 5.97 Å². The molecule has 0 spiro atoms. The highest BCUT2D eigenvalue weighted by Crippen LogP contribution is 2.30. The van der Waals surface area contributed by atoms with Gasteiger partial charge in [0.15, 0.2) is 0 Å². The Morgan fingerprint density at radius 1 is 1.00 bits per heavy atom. The second kappa shape index (κ2) is 6.18. The summed E-state index contributed by atoms with van der Waals surface area (Å²) in [5, 5.41) is 12.3. The number of nitrogens with one attached hydrogen (secondary N) is 1. The lowest BCUT2D eigenvalue weighted by Crippen LogP contribution is -2.48. The largest absolute Gasteiger partial charge is 0.481 e. The molecule has 1 saturated carbocycles. The fraction of sp³-hybridized carbons (Fsp3) is 0.750. The summed E-state index contributed by atoms with van der Waals surface area (Å²) >= 11 is 0. The van der Waals surface area contributed by atoms with Gasteiger partial charge in [-0.2, -0.15) is 0 Å². The van der Waals surface area contributed by atoms with Gasteiger partial charge in [-0.05, 0) is 38.5 Å². The van der Waals surface area contributed by atoms with E-state index in [2.05, 4.69) is 10.2 Å². The van der Waals surface area contributed by atoms with Crippen LogP contribution in [-0.2, 0) is 9.59 Å². The number of likely N-dealkylation sites (tertiary alicyclic amines) is 1. The third-order valence-corrected chi connectivity index (χ3v) is 5.03. The zero-order chi connectivity index (χ0) is 14.8. The van der Waals surface area contributed by atoms with Gasteiger partial charge in [-0.1, -0.05) is 12.2 Å². The van der Waals surface area contributed by atoms with Crippen molar-refractivity contribution in [2.75, 3.05) is 13.1 Å². The molecule has 1 saturated heterocycles. The van der Waals surface area contributed by atoms with Crippen LogP contribution in [0.1, 0.15) is 38.5 Å². The van der Waals surface area contributed by atoms with Crippen LogP contribution in [-0.4, -0.2) is 47.1 Å². The minimum Gasteiger partial charge on any atom is -0.481 e. The molecule has 5 heteroatoms. The molecule has 0 aromatic carbocycles. The number of hydrogen-bond donors (Lipinski definition) is 2. The fourth-order valence-corrected chi connectivity index (χ4v) is 3.53. The number of nitrogens with zero attached hydrogens (tertiary/aromatic N) is 1. The maximum atomic E-state index is 12.4. The van der Waals surface area contributed by atoms with Crippen molar-refractivity contribution < 1.29 is 14.7 Å². The molecule has 2 fully saturated rings. The molecule has 0 radical (unpaired) electrons. The molecule has 2 unspecified atom stereocenters. The number of allylic oxidation sites excluding steroid dienone is 2. The maximum absolute atomic E-state index is 12.4. The molecule has 1 aliphatic heterocycles. The van der Waals surface area contributed by atoms with Gasteiger partial charge in [-0.25, -0.2) is 0 Å². The first-order valence-corrected chi connectivity index (χ1v) is 8.07. The van der Waals surface area contributed by atoms with Crippen LogP contribution in [0.25, 0.3) is 0 Å². The summed E-state index contributed by atoms with van der Waals surface area (Å²) < 4.78 is 0. The van der Waals surface area contributed by atoms with Crippen LogP contribution in [0.3, 0.4) is 0 Å². The molecule has 116 valence electrons. The SMILES string of the molecule is O=C(O)C1CC=CCC1C(=O)NC1CCN(C2CC2)CC1. The molecule has 5 nitrogen and oxygen atoms in total. The quantitative estimate of drug-likeness (QED) is 0.768. The van der Waals surface area contributed by atoms with Gasteiger partial charge in [0.25, 0.3) is 0 Å². The van der Waals surface area contributed by atoms with Gasteiger partial charge in [0.2, 0.25) is 5.91 Å². The van der Waals surface area contributed by atoms with E-state index in [0.29, 0.717) is 12.8 Å². The monoisotopic (exact) mass is 292 g/mol. The van der Waals surface area contributed by atoms with Crippen molar-refractivity contribution in [1.82, 2.24) is 10.2 Å². The Labute approximate surface area is 125 Å². The van der Waals surface area contributed by atoms with Gasteiger partial charge < -0.3 is 15.3 Å². The van der Waals surface area contributed by atoms with Crippen molar-refractivity contribution in [2.45, 2.75) is 50.6 Å². The van der Waals surface area contributed by atoms with E-state index in [9.17, 15) is 14.7 Å². The molecule has 21 heavy (non-hydrogen) atoms. The summed E-state index contributed by atoms with van der Waals surface area (Å²) in [5.41, 5.74) is 0. The van der Waals surface area contributed by atoms with E-state index in [1.165, 1.54) is 12.8 Å². The molecule has 3 aliphatic rings. The van der Waals surface area contributed by atoms with E-state index in [1.807, 2.05) is 12.2 Å². The number of carboxylic acids is 1. The number of rotatable bonds is 4. The topological polar surface area (TPSA) is 69.6 Å². The molecular weight excluding hydrogens is 268 g/mol.